The van der Waals surface area contributed by atoms with Crippen LogP contribution in [0, 0.1) is 17.7 Å². The average molecular weight is 249 g/mol. The van der Waals surface area contributed by atoms with Crippen molar-refractivity contribution in [3.05, 3.63) is 35.1 Å². The van der Waals surface area contributed by atoms with E-state index in [1.807, 2.05) is 0 Å². The summed E-state index contributed by atoms with van der Waals surface area (Å²) in [5.41, 5.74) is 0.739. The van der Waals surface area contributed by atoms with Gasteiger partial charge in [0.05, 0.1) is 12.7 Å². The van der Waals surface area contributed by atoms with Crippen molar-refractivity contribution in [1.29, 1.82) is 0 Å². The molecule has 0 spiro atoms. The number of carbonyl (C=O) groups is 1. The lowest BCUT2D eigenvalue weighted by Crippen LogP contribution is -2.15. The molecule has 0 aromatic heterocycles. The van der Waals surface area contributed by atoms with Crippen LogP contribution in [-0.2, 0) is 11.3 Å². The second-order valence-corrected chi connectivity index (χ2v) is 3.66. The van der Waals surface area contributed by atoms with Crippen LogP contribution >= 0.6 is 0 Å². The van der Waals surface area contributed by atoms with Crippen molar-refractivity contribution in [1.82, 2.24) is 5.32 Å². The fourth-order valence-electron chi connectivity index (χ4n) is 1.45. The van der Waals surface area contributed by atoms with E-state index in [4.69, 9.17) is 0 Å². The Morgan fingerprint density at radius 3 is 2.89 bits per heavy atom. The molecule has 1 rings (SSSR count). The summed E-state index contributed by atoms with van der Waals surface area (Å²) in [6, 6.07) is 4.47. The van der Waals surface area contributed by atoms with Crippen LogP contribution < -0.4 is 5.32 Å². The van der Waals surface area contributed by atoms with Crippen LogP contribution in [0.5, 0.6) is 0 Å². The Bertz CT molecular complexity index is 474. The molecule has 0 aliphatic rings. The lowest BCUT2D eigenvalue weighted by molar-refractivity contribution is 0.0595. The maximum absolute atomic E-state index is 13.6. The molecule has 0 heterocycles. The van der Waals surface area contributed by atoms with Crippen molar-refractivity contribution in [2.45, 2.75) is 19.9 Å². The van der Waals surface area contributed by atoms with Crippen LogP contribution in [0.15, 0.2) is 18.2 Å². The lowest BCUT2D eigenvalue weighted by Gasteiger charge is -2.05. The molecule has 1 aromatic carbocycles. The van der Waals surface area contributed by atoms with Gasteiger partial charge in [-0.3, -0.25) is 0 Å². The van der Waals surface area contributed by atoms with Crippen molar-refractivity contribution in [2.75, 3.05) is 13.7 Å². The molecule has 1 N–H and O–H groups in total. The quantitative estimate of drug-likeness (QED) is 0.493. The van der Waals surface area contributed by atoms with Gasteiger partial charge in [0.1, 0.15) is 5.82 Å². The third-order valence-corrected chi connectivity index (χ3v) is 2.37. The lowest BCUT2D eigenvalue weighted by atomic mass is 10.1. The summed E-state index contributed by atoms with van der Waals surface area (Å²) >= 11 is 0. The summed E-state index contributed by atoms with van der Waals surface area (Å²) in [7, 11) is 1.23. The summed E-state index contributed by atoms with van der Waals surface area (Å²) < 4.78 is 18.0. The number of rotatable bonds is 5. The number of carbonyl (C=O) groups excluding carboxylic acids is 1. The molecule has 0 saturated heterocycles. The van der Waals surface area contributed by atoms with E-state index < -0.39 is 11.8 Å². The number of halogens is 1. The first kappa shape index (κ1) is 14.2. The van der Waals surface area contributed by atoms with Gasteiger partial charge in [-0.05, 0) is 24.6 Å². The maximum atomic E-state index is 13.6. The summed E-state index contributed by atoms with van der Waals surface area (Å²) in [6.07, 6.45) is 0.763. The number of esters is 1. The normalized spacial score (nSPS) is 9.50. The minimum atomic E-state index is -0.662. The van der Waals surface area contributed by atoms with Gasteiger partial charge in [-0.2, -0.15) is 0 Å². The number of methoxy groups -OCH3 is 1. The van der Waals surface area contributed by atoms with E-state index in [-0.39, 0.29) is 5.56 Å². The standard InChI is InChI=1S/C14H16FNO2/c1-3-4-5-8-16-10-11-6-7-12(13(15)9-11)14(17)18-2/h6-7,9,16H,5,8,10H2,1-2H3. The smallest absolute Gasteiger partial charge is 0.340 e. The highest BCUT2D eigenvalue weighted by Gasteiger charge is 2.11. The first-order valence-corrected chi connectivity index (χ1v) is 5.66. The first-order valence-electron chi connectivity index (χ1n) is 5.66. The zero-order valence-corrected chi connectivity index (χ0v) is 10.5. The van der Waals surface area contributed by atoms with Crippen molar-refractivity contribution >= 4 is 5.97 Å². The van der Waals surface area contributed by atoms with E-state index in [0.717, 1.165) is 18.5 Å². The monoisotopic (exact) mass is 249 g/mol. The van der Waals surface area contributed by atoms with Crippen LogP contribution in [0.3, 0.4) is 0 Å². The Morgan fingerprint density at radius 1 is 1.50 bits per heavy atom. The van der Waals surface area contributed by atoms with Crippen molar-refractivity contribution in [2.24, 2.45) is 0 Å². The van der Waals surface area contributed by atoms with E-state index in [0.29, 0.717) is 6.54 Å². The molecule has 4 heteroatoms. The zero-order valence-electron chi connectivity index (χ0n) is 10.5. The molecule has 0 aliphatic heterocycles. The molecule has 0 unspecified atom stereocenters. The van der Waals surface area contributed by atoms with Gasteiger partial charge in [0.2, 0.25) is 0 Å². The minimum Gasteiger partial charge on any atom is -0.465 e. The molecule has 0 fully saturated rings. The van der Waals surface area contributed by atoms with Gasteiger partial charge < -0.3 is 10.1 Å². The highest BCUT2D eigenvalue weighted by Crippen LogP contribution is 2.11. The van der Waals surface area contributed by atoms with Crippen molar-refractivity contribution < 1.29 is 13.9 Å². The van der Waals surface area contributed by atoms with Gasteiger partial charge in [-0.1, -0.05) is 6.07 Å². The average Bonchev–Trinajstić information content (AvgIpc) is 2.38. The van der Waals surface area contributed by atoms with E-state index in [1.54, 1.807) is 13.0 Å². The molecule has 0 aliphatic carbocycles. The van der Waals surface area contributed by atoms with Crippen molar-refractivity contribution in [3.8, 4) is 11.8 Å². The summed E-state index contributed by atoms with van der Waals surface area (Å²) in [6.45, 7) is 3.09. The van der Waals surface area contributed by atoms with E-state index in [9.17, 15) is 9.18 Å². The fraction of sp³-hybridized carbons (Fsp3) is 0.357. The fourth-order valence-corrected chi connectivity index (χ4v) is 1.45. The Hall–Kier alpha value is -1.86. The third kappa shape index (κ3) is 4.19. The Kier molecular flexibility index (Phi) is 5.89. The van der Waals surface area contributed by atoms with Gasteiger partial charge in [-0.25, -0.2) is 9.18 Å². The predicted octanol–water partition coefficient (Wildman–Crippen LogP) is 2.12. The molecule has 0 atom stereocenters. The third-order valence-electron chi connectivity index (χ3n) is 2.37. The van der Waals surface area contributed by atoms with Gasteiger partial charge in [-0.15, -0.1) is 11.8 Å². The molecule has 0 amide bonds. The van der Waals surface area contributed by atoms with E-state index >= 15 is 0 Å². The summed E-state index contributed by atoms with van der Waals surface area (Å²) in [5, 5.41) is 3.14. The number of ether oxygens (including phenoxy) is 1. The summed E-state index contributed by atoms with van der Waals surface area (Å²) in [5.74, 6) is 4.51. The highest BCUT2D eigenvalue weighted by atomic mass is 19.1. The highest BCUT2D eigenvalue weighted by molar-refractivity contribution is 5.89. The van der Waals surface area contributed by atoms with Gasteiger partial charge in [0.25, 0.3) is 0 Å². The minimum absolute atomic E-state index is 0.0434. The summed E-state index contributed by atoms with van der Waals surface area (Å²) in [4.78, 5) is 11.2. The second-order valence-electron chi connectivity index (χ2n) is 3.66. The van der Waals surface area contributed by atoms with Crippen LogP contribution in [0.4, 0.5) is 4.39 Å². The Balaban J connectivity index is 2.55. The van der Waals surface area contributed by atoms with Crippen LogP contribution in [-0.4, -0.2) is 19.6 Å². The molecular weight excluding hydrogens is 233 g/mol. The van der Waals surface area contributed by atoms with Gasteiger partial charge in [0, 0.05) is 19.5 Å². The Labute approximate surface area is 106 Å². The van der Waals surface area contributed by atoms with Crippen LogP contribution in [0.25, 0.3) is 0 Å². The number of benzene rings is 1. The number of nitrogens with one attached hydrogen (secondary N) is 1. The molecule has 18 heavy (non-hydrogen) atoms. The SMILES string of the molecule is CC#CCCNCc1ccc(C(=O)OC)c(F)c1. The van der Waals surface area contributed by atoms with Gasteiger partial charge in [0.15, 0.2) is 0 Å². The van der Waals surface area contributed by atoms with E-state index in [1.165, 1.54) is 19.2 Å². The molecule has 0 bridgehead atoms. The number of hydrogen-bond acceptors (Lipinski definition) is 3. The molecule has 96 valence electrons. The van der Waals surface area contributed by atoms with E-state index in [2.05, 4.69) is 21.9 Å². The molecule has 1 aromatic rings. The van der Waals surface area contributed by atoms with Crippen LogP contribution in [0.1, 0.15) is 29.3 Å². The van der Waals surface area contributed by atoms with Crippen LogP contribution in [0.2, 0.25) is 0 Å². The molecule has 3 nitrogen and oxygen atoms in total. The number of hydrogen-bond donors (Lipinski definition) is 1. The zero-order chi connectivity index (χ0) is 13.4. The maximum Gasteiger partial charge on any atom is 0.340 e. The molecular formula is C14H16FNO2. The topological polar surface area (TPSA) is 38.3 Å². The second kappa shape index (κ2) is 7.46. The van der Waals surface area contributed by atoms with Gasteiger partial charge >= 0.3 is 5.97 Å². The molecule has 0 radical (unpaired) electrons. The molecule has 0 saturated carbocycles. The largest absolute Gasteiger partial charge is 0.465 e. The predicted molar refractivity (Wildman–Crippen MR) is 67.5 cm³/mol. The Morgan fingerprint density at radius 2 is 2.28 bits per heavy atom. The first-order chi connectivity index (χ1) is 8.69. The van der Waals surface area contributed by atoms with Crippen molar-refractivity contribution in [3.63, 3.8) is 0 Å².